The van der Waals surface area contributed by atoms with Crippen molar-refractivity contribution in [3.05, 3.63) is 70.6 Å². The van der Waals surface area contributed by atoms with Crippen LogP contribution in [0.2, 0.25) is 5.02 Å². The van der Waals surface area contributed by atoms with Crippen molar-refractivity contribution >= 4 is 57.8 Å². The second-order valence-electron chi connectivity index (χ2n) is 10.5. The molecule has 0 spiro atoms. The minimum Gasteiger partial charge on any atom is -0.459 e. The van der Waals surface area contributed by atoms with Crippen LogP contribution in [0.15, 0.2) is 62.9 Å². The topological polar surface area (TPSA) is 58.4 Å². The van der Waals surface area contributed by atoms with Crippen LogP contribution >= 0.6 is 35.1 Å². The summed E-state index contributed by atoms with van der Waals surface area (Å²) in [6, 6.07) is 16.2. The van der Waals surface area contributed by atoms with E-state index in [1.54, 1.807) is 23.5 Å². The number of amides is 2. The van der Waals surface area contributed by atoms with Crippen molar-refractivity contribution in [2.45, 2.75) is 74.9 Å². The van der Waals surface area contributed by atoms with E-state index >= 15 is 0 Å². The maximum absolute atomic E-state index is 14.2. The lowest BCUT2D eigenvalue weighted by Crippen LogP contribution is -2.42. The Morgan fingerprint density at radius 1 is 1.02 bits per heavy atom. The van der Waals surface area contributed by atoms with Crippen LogP contribution in [-0.2, 0) is 6.54 Å². The monoisotopic (exact) mass is 593 g/mol. The van der Waals surface area contributed by atoms with Gasteiger partial charge in [-0.25, -0.2) is 9.78 Å². The van der Waals surface area contributed by atoms with Crippen molar-refractivity contribution in [2.24, 2.45) is 0 Å². The summed E-state index contributed by atoms with van der Waals surface area (Å²) >= 11 is 9.42. The first-order chi connectivity index (χ1) is 19.4. The summed E-state index contributed by atoms with van der Waals surface area (Å²) < 4.78 is 6.52. The molecular weight excluding hydrogens is 558 g/mol. The highest BCUT2D eigenvalue weighted by atomic mass is 35.5. The standard InChI is InChI=1S/C32H36ClN3O2S2/c1-20-11-16-26-25(17-20)29(22-12-14-23(33)15-13-22)27(38-26)19-36(24-9-7-5-6-8-10-24)32(37)35-30-28(39-3)18-21(2)34-31(30)40-4/h11-18,24H,5-10,19H2,1-4H3,(H,35,37). The third kappa shape index (κ3) is 6.32. The van der Waals surface area contributed by atoms with Crippen molar-refractivity contribution in [3.8, 4) is 11.1 Å². The van der Waals surface area contributed by atoms with E-state index in [9.17, 15) is 4.79 Å². The molecule has 2 aromatic carbocycles. The summed E-state index contributed by atoms with van der Waals surface area (Å²) in [6.45, 7) is 4.46. The third-order valence-electron chi connectivity index (χ3n) is 7.61. The lowest BCUT2D eigenvalue weighted by atomic mass is 10.00. The van der Waals surface area contributed by atoms with Gasteiger partial charge in [0.25, 0.3) is 0 Å². The molecule has 1 aliphatic carbocycles. The number of thioether (sulfide) groups is 2. The van der Waals surface area contributed by atoms with Crippen LogP contribution < -0.4 is 5.32 Å². The van der Waals surface area contributed by atoms with Crippen LogP contribution in [0.5, 0.6) is 0 Å². The van der Waals surface area contributed by atoms with E-state index in [1.165, 1.54) is 12.8 Å². The van der Waals surface area contributed by atoms with Crippen molar-refractivity contribution in [1.29, 1.82) is 0 Å². The summed E-state index contributed by atoms with van der Waals surface area (Å²) in [6.07, 6.45) is 10.7. The Balaban J connectivity index is 1.58. The molecule has 0 atom stereocenters. The molecule has 2 heterocycles. The third-order valence-corrected chi connectivity index (χ3v) is 9.31. The number of urea groups is 1. The molecule has 1 fully saturated rings. The van der Waals surface area contributed by atoms with Gasteiger partial charge in [-0.1, -0.05) is 61.0 Å². The zero-order valence-electron chi connectivity index (χ0n) is 23.6. The van der Waals surface area contributed by atoms with Crippen LogP contribution in [0, 0.1) is 13.8 Å². The molecule has 1 aliphatic rings. The number of pyridine rings is 1. The minimum absolute atomic E-state index is 0.109. The Kier molecular flexibility index (Phi) is 9.34. The summed E-state index contributed by atoms with van der Waals surface area (Å²) in [5.74, 6) is 0.791. The number of nitrogens with one attached hydrogen (secondary N) is 1. The first-order valence-corrected chi connectivity index (χ1v) is 16.7. The van der Waals surface area contributed by atoms with Gasteiger partial charge in [-0.3, -0.25) is 0 Å². The van der Waals surface area contributed by atoms with E-state index in [-0.39, 0.29) is 12.1 Å². The fourth-order valence-electron chi connectivity index (χ4n) is 5.62. The molecule has 210 valence electrons. The number of benzene rings is 2. The molecule has 2 aromatic heterocycles. The molecule has 5 rings (SSSR count). The first-order valence-electron chi connectivity index (χ1n) is 13.8. The smallest absolute Gasteiger partial charge is 0.322 e. The van der Waals surface area contributed by atoms with Crippen LogP contribution in [0.25, 0.3) is 22.1 Å². The predicted octanol–water partition coefficient (Wildman–Crippen LogP) is 9.97. The van der Waals surface area contributed by atoms with Crippen LogP contribution in [0.1, 0.15) is 55.5 Å². The zero-order valence-corrected chi connectivity index (χ0v) is 25.9. The quantitative estimate of drug-likeness (QED) is 0.171. The summed E-state index contributed by atoms with van der Waals surface area (Å²) in [5, 5.41) is 5.85. The highest BCUT2D eigenvalue weighted by Crippen LogP contribution is 2.39. The number of carbonyl (C=O) groups excluding carboxylic acids is 1. The number of nitrogens with zero attached hydrogens (tertiary/aromatic N) is 2. The number of hydrogen-bond acceptors (Lipinski definition) is 5. The lowest BCUT2D eigenvalue weighted by molar-refractivity contribution is 0.169. The average molecular weight is 594 g/mol. The van der Waals surface area contributed by atoms with Crippen LogP contribution in [-0.4, -0.2) is 34.5 Å². The molecule has 0 bridgehead atoms. The van der Waals surface area contributed by atoms with Crippen molar-refractivity contribution in [1.82, 2.24) is 9.88 Å². The SMILES string of the molecule is CSc1cc(C)nc(SC)c1NC(=O)N(Cc1oc2ccc(C)cc2c1-c1ccc(Cl)cc1)C1CCCCCC1. The van der Waals surface area contributed by atoms with E-state index in [2.05, 4.69) is 24.4 Å². The number of fused-ring (bicyclic) bond motifs is 1. The zero-order chi connectivity index (χ0) is 28.2. The number of anilines is 1. The fourth-order valence-corrected chi connectivity index (χ4v) is 7.05. The van der Waals surface area contributed by atoms with Gasteiger partial charge in [0, 0.05) is 32.6 Å². The van der Waals surface area contributed by atoms with Gasteiger partial charge in [0.1, 0.15) is 16.4 Å². The molecule has 5 nitrogen and oxygen atoms in total. The second-order valence-corrected chi connectivity index (χ2v) is 12.5. The number of halogens is 1. The van der Waals surface area contributed by atoms with Gasteiger partial charge >= 0.3 is 6.03 Å². The second kappa shape index (κ2) is 12.9. The lowest BCUT2D eigenvalue weighted by Gasteiger charge is -2.31. The molecule has 0 unspecified atom stereocenters. The maximum atomic E-state index is 14.2. The Morgan fingerprint density at radius 3 is 2.42 bits per heavy atom. The van der Waals surface area contributed by atoms with Crippen molar-refractivity contribution in [2.75, 3.05) is 17.8 Å². The molecule has 0 aliphatic heterocycles. The molecule has 8 heteroatoms. The number of aryl methyl sites for hydroxylation is 2. The Labute approximate surface area is 250 Å². The van der Waals surface area contributed by atoms with Crippen molar-refractivity contribution < 1.29 is 9.21 Å². The highest BCUT2D eigenvalue weighted by Gasteiger charge is 2.29. The number of aromatic nitrogens is 1. The van der Waals surface area contributed by atoms with Gasteiger partial charge in [0.15, 0.2) is 0 Å². The van der Waals surface area contributed by atoms with E-state index in [4.69, 9.17) is 21.0 Å². The van der Waals surface area contributed by atoms with E-state index in [1.807, 2.05) is 60.7 Å². The fraction of sp³-hybridized carbons (Fsp3) is 0.375. The van der Waals surface area contributed by atoms with E-state index in [0.29, 0.717) is 11.6 Å². The molecule has 1 N–H and O–H groups in total. The Morgan fingerprint density at radius 2 is 1.75 bits per heavy atom. The molecule has 0 saturated heterocycles. The van der Waals surface area contributed by atoms with Gasteiger partial charge in [-0.15, -0.1) is 23.5 Å². The number of furan rings is 1. The van der Waals surface area contributed by atoms with E-state index < -0.39 is 0 Å². The Bertz CT molecular complexity index is 1470. The van der Waals surface area contributed by atoms with Gasteiger partial charge < -0.3 is 14.6 Å². The number of rotatable bonds is 7. The highest BCUT2D eigenvalue weighted by molar-refractivity contribution is 7.99. The van der Waals surface area contributed by atoms with Crippen LogP contribution in [0.4, 0.5) is 10.5 Å². The van der Waals surface area contributed by atoms with Crippen molar-refractivity contribution in [3.63, 3.8) is 0 Å². The average Bonchev–Trinajstić information content (AvgIpc) is 3.09. The summed E-state index contributed by atoms with van der Waals surface area (Å²) in [5.41, 5.74) is 5.76. The minimum atomic E-state index is -0.109. The largest absolute Gasteiger partial charge is 0.459 e. The molecule has 1 saturated carbocycles. The van der Waals surface area contributed by atoms with Gasteiger partial charge in [-0.2, -0.15) is 0 Å². The first kappa shape index (κ1) is 28.9. The molecule has 4 aromatic rings. The van der Waals surface area contributed by atoms with Gasteiger partial charge in [-0.05, 0) is 75.1 Å². The normalized spacial score (nSPS) is 14.3. The maximum Gasteiger partial charge on any atom is 0.322 e. The molecule has 2 amide bonds. The van der Waals surface area contributed by atoms with Crippen LogP contribution in [0.3, 0.4) is 0 Å². The molecular formula is C32H36ClN3O2S2. The predicted molar refractivity (Wildman–Crippen MR) is 170 cm³/mol. The number of carbonyl (C=O) groups is 1. The Hall–Kier alpha value is -2.61. The summed E-state index contributed by atoms with van der Waals surface area (Å²) in [4.78, 5) is 22.0. The summed E-state index contributed by atoms with van der Waals surface area (Å²) in [7, 11) is 0. The number of hydrogen-bond donors (Lipinski definition) is 1. The molecule has 40 heavy (non-hydrogen) atoms. The van der Waals surface area contributed by atoms with Gasteiger partial charge in [0.05, 0.1) is 12.2 Å². The molecule has 0 radical (unpaired) electrons. The van der Waals surface area contributed by atoms with Gasteiger partial charge in [0.2, 0.25) is 0 Å². The van der Waals surface area contributed by atoms with E-state index in [0.717, 1.165) is 80.4 Å².